The zero-order valence-electron chi connectivity index (χ0n) is 15.3. The molecule has 0 fully saturated rings. The summed E-state index contributed by atoms with van der Waals surface area (Å²) in [5, 5.41) is 7.17. The molecule has 0 radical (unpaired) electrons. The van der Waals surface area contributed by atoms with E-state index in [1.165, 1.54) is 0 Å². The summed E-state index contributed by atoms with van der Waals surface area (Å²) in [6, 6.07) is 6.30. The fourth-order valence-corrected chi connectivity index (χ4v) is 3.42. The molecule has 0 bridgehead atoms. The molecule has 3 rings (SSSR count). The Labute approximate surface area is 164 Å². The maximum absolute atomic E-state index is 14.4. The fourth-order valence-electron chi connectivity index (χ4n) is 2.71. The normalized spacial score (nSPS) is 10.8. The van der Waals surface area contributed by atoms with E-state index in [2.05, 4.69) is 15.6 Å². The molecule has 0 unspecified atom stereocenters. The molecule has 0 aliphatic rings. The lowest BCUT2D eigenvalue weighted by atomic mass is 10.1. The number of hydrogen-bond donors (Lipinski definition) is 2. The Morgan fingerprint density at radius 2 is 1.96 bits per heavy atom. The Bertz CT molecular complexity index is 1010. The Morgan fingerprint density at radius 1 is 1.18 bits per heavy atom. The number of hydrogen-bond acceptors (Lipinski definition) is 4. The van der Waals surface area contributed by atoms with Crippen LogP contribution in [0.4, 0.5) is 24.7 Å². The SMILES string of the molecule is Cc1cnc(Nc2c(C(=O)NCCc3cccs3)cc(F)c(F)c2F)c(C)c1. The molecule has 2 heterocycles. The van der Waals surface area contributed by atoms with Crippen LogP contribution in [-0.4, -0.2) is 17.4 Å². The van der Waals surface area contributed by atoms with Crippen molar-refractivity contribution in [2.24, 2.45) is 0 Å². The number of thiophene rings is 1. The van der Waals surface area contributed by atoms with Gasteiger partial charge in [-0.3, -0.25) is 4.79 Å². The van der Waals surface area contributed by atoms with Crippen LogP contribution in [0, 0.1) is 31.3 Å². The number of benzene rings is 1. The summed E-state index contributed by atoms with van der Waals surface area (Å²) in [5.74, 6) is -5.00. The van der Waals surface area contributed by atoms with E-state index in [9.17, 15) is 18.0 Å². The number of carbonyl (C=O) groups is 1. The smallest absolute Gasteiger partial charge is 0.253 e. The van der Waals surface area contributed by atoms with Crippen molar-refractivity contribution >= 4 is 28.7 Å². The minimum atomic E-state index is -1.65. The van der Waals surface area contributed by atoms with Crippen molar-refractivity contribution in [2.45, 2.75) is 20.3 Å². The van der Waals surface area contributed by atoms with E-state index in [4.69, 9.17) is 0 Å². The van der Waals surface area contributed by atoms with Crippen LogP contribution in [0.25, 0.3) is 0 Å². The topological polar surface area (TPSA) is 54.0 Å². The van der Waals surface area contributed by atoms with Gasteiger partial charge in [-0.05, 0) is 48.9 Å². The van der Waals surface area contributed by atoms with Crippen LogP contribution in [0.3, 0.4) is 0 Å². The molecule has 0 aliphatic carbocycles. The van der Waals surface area contributed by atoms with E-state index in [1.54, 1.807) is 30.5 Å². The number of amides is 1. The third-order valence-electron chi connectivity index (χ3n) is 4.10. The molecule has 0 aliphatic heterocycles. The summed E-state index contributed by atoms with van der Waals surface area (Å²) in [6.45, 7) is 3.86. The zero-order valence-corrected chi connectivity index (χ0v) is 16.1. The van der Waals surface area contributed by atoms with Gasteiger partial charge in [-0.2, -0.15) is 0 Å². The summed E-state index contributed by atoms with van der Waals surface area (Å²) in [4.78, 5) is 17.7. The van der Waals surface area contributed by atoms with Crippen molar-refractivity contribution in [3.63, 3.8) is 0 Å². The molecule has 4 nitrogen and oxygen atoms in total. The number of halogens is 3. The molecule has 146 valence electrons. The van der Waals surface area contributed by atoms with E-state index >= 15 is 0 Å². The lowest BCUT2D eigenvalue weighted by Crippen LogP contribution is -2.27. The molecular weight excluding hydrogens is 387 g/mol. The highest BCUT2D eigenvalue weighted by atomic mass is 32.1. The molecule has 8 heteroatoms. The van der Waals surface area contributed by atoms with Gasteiger partial charge in [0, 0.05) is 17.6 Å². The minimum Gasteiger partial charge on any atom is -0.352 e. The van der Waals surface area contributed by atoms with Crippen LogP contribution >= 0.6 is 11.3 Å². The Kier molecular flexibility index (Phi) is 5.99. The number of carbonyl (C=O) groups excluding carboxylic acids is 1. The van der Waals surface area contributed by atoms with Crippen LogP contribution in [0.1, 0.15) is 26.4 Å². The van der Waals surface area contributed by atoms with Crippen molar-refractivity contribution < 1.29 is 18.0 Å². The Morgan fingerprint density at radius 3 is 2.64 bits per heavy atom. The summed E-state index contributed by atoms with van der Waals surface area (Å²) in [5.41, 5.74) is 0.782. The molecule has 2 aromatic heterocycles. The van der Waals surface area contributed by atoms with Gasteiger partial charge in [-0.15, -0.1) is 11.3 Å². The van der Waals surface area contributed by atoms with Crippen molar-refractivity contribution in [3.8, 4) is 0 Å². The molecule has 0 spiro atoms. The molecule has 28 heavy (non-hydrogen) atoms. The van der Waals surface area contributed by atoms with Gasteiger partial charge in [0.05, 0.1) is 11.3 Å². The number of nitrogens with one attached hydrogen (secondary N) is 2. The third-order valence-corrected chi connectivity index (χ3v) is 5.04. The number of pyridine rings is 1. The van der Waals surface area contributed by atoms with Gasteiger partial charge in [0.1, 0.15) is 5.82 Å². The van der Waals surface area contributed by atoms with Crippen molar-refractivity contribution in [1.82, 2.24) is 10.3 Å². The summed E-state index contributed by atoms with van der Waals surface area (Å²) >= 11 is 1.54. The molecular formula is C20H18F3N3OS. The second-order valence-corrected chi connectivity index (χ2v) is 7.33. The van der Waals surface area contributed by atoms with Crippen LogP contribution < -0.4 is 10.6 Å². The first-order valence-electron chi connectivity index (χ1n) is 8.55. The minimum absolute atomic E-state index is 0.253. The van der Waals surface area contributed by atoms with Gasteiger partial charge in [-0.1, -0.05) is 12.1 Å². The van der Waals surface area contributed by atoms with Crippen LogP contribution in [0.5, 0.6) is 0 Å². The lowest BCUT2D eigenvalue weighted by Gasteiger charge is -2.15. The standard InChI is InChI=1S/C20H18F3N3OS/c1-11-8-12(2)19(25-10-11)26-18-14(9-15(21)16(22)17(18)23)20(27)24-6-5-13-4-3-7-28-13/h3-4,7-10H,5-6H2,1-2H3,(H,24,27)(H,25,26). The van der Waals surface area contributed by atoms with Gasteiger partial charge in [0.2, 0.25) is 0 Å². The quantitative estimate of drug-likeness (QED) is 0.574. The predicted molar refractivity (Wildman–Crippen MR) is 104 cm³/mol. The fraction of sp³-hybridized carbons (Fsp3) is 0.200. The molecule has 1 aromatic carbocycles. The highest BCUT2D eigenvalue weighted by Gasteiger charge is 2.23. The van der Waals surface area contributed by atoms with Gasteiger partial charge in [0.25, 0.3) is 5.91 Å². The second kappa shape index (κ2) is 8.43. The number of aromatic nitrogens is 1. The first kappa shape index (κ1) is 19.9. The number of aryl methyl sites for hydroxylation is 2. The maximum Gasteiger partial charge on any atom is 0.253 e. The van der Waals surface area contributed by atoms with Crippen molar-refractivity contribution in [1.29, 1.82) is 0 Å². The largest absolute Gasteiger partial charge is 0.352 e. The van der Waals surface area contributed by atoms with Crippen LogP contribution in [-0.2, 0) is 6.42 Å². The van der Waals surface area contributed by atoms with E-state index in [0.29, 0.717) is 18.1 Å². The molecule has 0 saturated heterocycles. The van der Waals surface area contributed by atoms with E-state index in [1.807, 2.05) is 24.4 Å². The maximum atomic E-state index is 14.4. The van der Waals surface area contributed by atoms with E-state index < -0.39 is 29.0 Å². The Hall–Kier alpha value is -2.87. The average Bonchev–Trinajstić information content (AvgIpc) is 3.17. The molecule has 0 saturated carbocycles. The first-order chi connectivity index (χ1) is 13.4. The first-order valence-corrected chi connectivity index (χ1v) is 9.43. The monoisotopic (exact) mass is 405 g/mol. The summed E-state index contributed by atoms with van der Waals surface area (Å²) in [7, 11) is 0. The number of rotatable bonds is 6. The highest BCUT2D eigenvalue weighted by molar-refractivity contribution is 7.09. The van der Waals surface area contributed by atoms with Gasteiger partial charge >= 0.3 is 0 Å². The second-order valence-electron chi connectivity index (χ2n) is 6.30. The summed E-state index contributed by atoms with van der Waals surface area (Å²) in [6.07, 6.45) is 2.13. The van der Waals surface area contributed by atoms with E-state index in [-0.39, 0.29) is 17.9 Å². The van der Waals surface area contributed by atoms with E-state index in [0.717, 1.165) is 10.4 Å². The van der Waals surface area contributed by atoms with Crippen LogP contribution in [0.15, 0.2) is 35.8 Å². The van der Waals surface area contributed by atoms with Gasteiger partial charge < -0.3 is 10.6 Å². The molecule has 0 atom stereocenters. The number of anilines is 2. The van der Waals surface area contributed by atoms with Crippen molar-refractivity contribution in [3.05, 3.63) is 74.9 Å². The zero-order chi connectivity index (χ0) is 20.3. The van der Waals surface area contributed by atoms with Crippen molar-refractivity contribution in [2.75, 3.05) is 11.9 Å². The average molecular weight is 405 g/mol. The molecule has 2 N–H and O–H groups in total. The van der Waals surface area contributed by atoms with Gasteiger partial charge in [-0.25, -0.2) is 18.2 Å². The molecule has 1 amide bonds. The molecule has 3 aromatic rings. The summed E-state index contributed by atoms with van der Waals surface area (Å²) < 4.78 is 42.0. The third kappa shape index (κ3) is 4.33. The van der Waals surface area contributed by atoms with Gasteiger partial charge in [0.15, 0.2) is 17.5 Å². The lowest BCUT2D eigenvalue weighted by molar-refractivity contribution is 0.0954. The highest BCUT2D eigenvalue weighted by Crippen LogP contribution is 2.29. The predicted octanol–water partition coefficient (Wildman–Crippen LogP) is 4.89. The Balaban J connectivity index is 1.87. The van der Waals surface area contributed by atoms with Crippen LogP contribution in [0.2, 0.25) is 0 Å². The number of nitrogens with zero attached hydrogens (tertiary/aromatic N) is 1.